The summed E-state index contributed by atoms with van der Waals surface area (Å²) in [6.07, 6.45) is 5.00. The largest absolute Gasteiger partial charge is 0.454 e. The number of pyridine rings is 2. The van der Waals surface area contributed by atoms with Crippen molar-refractivity contribution in [1.29, 1.82) is 0 Å². The van der Waals surface area contributed by atoms with Crippen LogP contribution in [0.3, 0.4) is 0 Å². The second-order valence-electron chi connectivity index (χ2n) is 7.63. The molecule has 0 atom stereocenters. The van der Waals surface area contributed by atoms with Crippen LogP contribution in [0, 0.1) is 11.6 Å². The summed E-state index contributed by atoms with van der Waals surface area (Å²) in [4.78, 5) is 32.5. The minimum absolute atomic E-state index is 0.00514. The Bertz CT molecular complexity index is 1450. The van der Waals surface area contributed by atoms with Crippen molar-refractivity contribution in [3.8, 4) is 22.6 Å². The van der Waals surface area contributed by atoms with Gasteiger partial charge in [0.1, 0.15) is 22.9 Å². The lowest BCUT2D eigenvalue weighted by Gasteiger charge is -2.12. The number of H-pyrrole nitrogens is 1. The molecular formula is C25H18F2N4O3. The first kappa shape index (κ1) is 21.3. The minimum atomic E-state index is -0.712. The number of aromatic nitrogens is 2. The van der Waals surface area contributed by atoms with Gasteiger partial charge in [0, 0.05) is 48.0 Å². The van der Waals surface area contributed by atoms with Crippen LogP contribution < -0.4 is 20.8 Å². The quantitative estimate of drug-likeness (QED) is 0.400. The number of nitrogens with zero attached hydrogens (tertiary/aromatic N) is 1. The summed E-state index contributed by atoms with van der Waals surface area (Å²) < 4.78 is 33.7. The van der Waals surface area contributed by atoms with Crippen molar-refractivity contribution >= 4 is 17.4 Å². The number of halogens is 2. The molecule has 3 heterocycles. The number of ether oxygens (including phenoxy) is 1. The van der Waals surface area contributed by atoms with Gasteiger partial charge in [0.25, 0.3) is 5.91 Å². The molecule has 5 rings (SSSR count). The van der Waals surface area contributed by atoms with Gasteiger partial charge in [-0.25, -0.2) is 13.8 Å². The lowest BCUT2D eigenvalue weighted by atomic mass is 10.0. The summed E-state index contributed by atoms with van der Waals surface area (Å²) in [5, 5.41) is 5.66. The molecule has 0 saturated heterocycles. The van der Waals surface area contributed by atoms with Crippen LogP contribution in [0.4, 0.5) is 20.3 Å². The Kier molecular flexibility index (Phi) is 5.51. The van der Waals surface area contributed by atoms with Crippen LogP contribution in [-0.4, -0.2) is 22.4 Å². The van der Waals surface area contributed by atoms with E-state index in [9.17, 15) is 18.4 Å². The molecular weight excluding hydrogens is 442 g/mol. The van der Waals surface area contributed by atoms with Gasteiger partial charge < -0.3 is 20.4 Å². The first-order valence-corrected chi connectivity index (χ1v) is 10.5. The lowest BCUT2D eigenvalue weighted by molar-refractivity contribution is 0.102. The van der Waals surface area contributed by atoms with Gasteiger partial charge in [0.05, 0.1) is 0 Å². The summed E-state index contributed by atoms with van der Waals surface area (Å²) in [7, 11) is 0. The minimum Gasteiger partial charge on any atom is -0.454 e. The zero-order valence-electron chi connectivity index (χ0n) is 17.7. The first-order valence-electron chi connectivity index (χ1n) is 10.5. The zero-order valence-corrected chi connectivity index (χ0v) is 17.7. The molecule has 0 spiro atoms. The molecule has 0 unspecified atom stereocenters. The number of benzene rings is 2. The van der Waals surface area contributed by atoms with Crippen molar-refractivity contribution in [2.75, 3.05) is 17.2 Å². The zero-order chi connectivity index (χ0) is 23.7. The fraction of sp³-hybridized carbons (Fsp3) is 0.0800. The van der Waals surface area contributed by atoms with E-state index in [1.807, 2.05) is 0 Å². The Morgan fingerprint density at radius 3 is 2.65 bits per heavy atom. The van der Waals surface area contributed by atoms with Gasteiger partial charge >= 0.3 is 0 Å². The normalized spacial score (nSPS) is 12.1. The molecule has 3 N–H and O–H groups in total. The molecule has 170 valence electrons. The van der Waals surface area contributed by atoms with Crippen molar-refractivity contribution in [3.63, 3.8) is 0 Å². The van der Waals surface area contributed by atoms with E-state index in [4.69, 9.17) is 4.74 Å². The van der Waals surface area contributed by atoms with Crippen molar-refractivity contribution < 1.29 is 18.3 Å². The molecule has 0 bridgehead atoms. The number of aromatic amines is 1. The van der Waals surface area contributed by atoms with Crippen molar-refractivity contribution in [3.05, 3.63) is 100 Å². The smallest absolute Gasteiger partial charge is 0.261 e. The van der Waals surface area contributed by atoms with Gasteiger partial charge in [0.15, 0.2) is 11.6 Å². The Hall–Kier alpha value is -4.53. The summed E-state index contributed by atoms with van der Waals surface area (Å²) in [6.45, 7) is 0.734. The molecule has 0 radical (unpaired) electrons. The molecule has 1 amide bonds. The third-order valence-corrected chi connectivity index (χ3v) is 5.43. The second kappa shape index (κ2) is 8.78. The molecule has 0 saturated carbocycles. The summed E-state index contributed by atoms with van der Waals surface area (Å²) in [6, 6.07) is 11.0. The third-order valence-electron chi connectivity index (χ3n) is 5.43. The SMILES string of the molecule is O=C(Nc1ccc(Oc2ccnc3c2CCN3)c(F)c1)c1c[nH]cc(-c2ccc(F)cc2)c1=O. The monoisotopic (exact) mass is 460 g/mol. The van der Waals surface area contributed by atoms with Crippen LogP contribution in [0.15, 0.2) is 71.9 Å². The average molecular weight is 460 g/mol. The maximum Gasteiger partial charge on any atom is 0.261 e. The highest BCUT2D eigenvalue weighted by Crippen LogP contribution is 2.34. The molecule has 1 aliphatic rings. The Morgan fingerprint density at radius 2 is 1.85 bits per heavy atom. The van der Waals surface area contributed by atoms with Gasteiger partial charge in [-0.3, -0.25) is 9.59 Å². The fourth-order valence-electron chi connectivity index (χ4n) is 3.75. The van der Waals surface area contributed by atoms with Gasteiger partial charge in [-0.2, -0.15) is 0 Å². The van der Waals surface area contributed by atoms with Gasteiger partial charge in [-0.1, -0.05) is 12.1 Å². The molecule has 9 heteroatoms. The summed E-state index contributed by atoms with van der Waals surface area (Å²) in [5.74, 6) is -0.604. The molecule has 2 aromatic heterocycles. The number of hydrogen-bond donors (Lipinski definition) is 3. The number of anilines is 2. The van der Waals surface area contributed by atoms with E-state index in [2.05, 4.69) is 20.6 Å². The van der Waals surface area contributed by atoms with E-state index in [0.717, 1.165) is 30.4 Å². The van der Waals surface area contributed by atoms with Crippen molar-refractivity contribution in [2.45, 2.75) is 6.42 Å². The third kappa shape index (κ3) is 4.11. The van der Waals surface area contributed by atoms with Crippen LogP contribution >= 0.6 is 0 Å². The number of nitrogens with one attached hydrogen (secondary N) is 3. The van der Waals surface area contributed by atoms with Gasteiger partial charge in [-0.05, 0) is 42.3 Å². The van der Waals surface area contributed by atoms with E-state index >= 15 is 0 Å². The van der Waals surface area contributed by atoms with E-state index in [-0.39, 0.29) is 22.6 Å². The number of carbonyl (C=O) groups is 1. The first-order chi connectivity index (χ1) is 16.5. The molecule has 7 nitrogen and oxygen atoms in total. The van der Waals surface area contributed by atoms with Crippen LogP contribution in [0.1, 0.15) is 15.9 Å². The highest BCUT2D eigenvalue weighted by molar-refractivity contribution is 6.04. The standard InChI is InChI=1S/C25H18F2N4O3/c26-15-3-1-14(2-4-15)18-12-28-13-19(23(18)32)25(33)31-16-5-6-22(20(27)11-16)34-21-8-10-30-24-17(21)7-9-29-24/h1-6,8,10-13H,7,9H2,(H,28,32)(H,29,30)(H,31,33). The van der Waals surface area contributed by atoms with E-state index in [0.29, 0.717) is 11.3 Å². The second-order valence-corrected chi connectivity index (χ2v) is 7.63. The molecule has 1 aliphatic heterocycles. The molecule has 0 aliphatic carbocycles. The Labute approximate surface area is 192 Å². The van der Waals surface area contributed by atoms with Crippen molar-refractivity contribution in [1.82, 2.24) is 9.97 Å². The van der Waals surface area contributed by atoms with Crippen LogP contribution in [0.5, 0.6) is 11.5 Å². The fourth-order valence-corrected chi connectivity index (χ4v) is 3.75. The van der Waals surface area contributed by atoms with Crippen LogP contribution in [0.25, 0.3) is 11.1 Å². The van der Waals surface area contributed by atoms with E-state index in [1.54, 1.807) is 12.3 Å². The average Bonchev–Trinajstić information content (AvgIpc) is 3.31. The number of amides is 1. The van der Waals surface area contributed by atoms with Gasteiger partial charge in [0.2, 0.25) is 5.43 Å². The number of rotatable bonds is 5. The number of carbonyl (C=O) groups excluding carboxylic acids is 1. The topological polar surface area (TPSA) is 96.1 Å². The van der Waals surface area contributed by atoms with Crippen LogP contribution in [0.2, 0.25) is 0 Å². The molecule has 4 aromatic rings. The maximum absolute atomic E-state index is 14.7. The molecule has 34 heavy (non-hydrogen) atoms. The number of fused-ring (bicyclic) bond motifs is 1. The summed E-state index contributed by atoms with van der Waals surface area (Å²) >= 11 is 0. The van der Waals surface area contributed by atoms with Crippen LogP contribution in [-0.2, 0) is 6.42 Å². The predicted octanol–water partition coefficient (Wildman–Crippen LogP) is 4.73. The highest BCUT2D eigenvalue weighted by Gasteiger charge is 2.19. The molecule has 2 aromatic carbocycles. The summed E-state index contributed by atoms with van der Waals surface area (Å²) in [5.41, 5.74) is 0.998. The van der Waals surface area contributed by atoms with E-state index < -0.39 is 23.0 Å². The van der Waals surface area contributed by atoms with Crippen molar-refractivity contribution in [2.24, 2.45) is 0 Å². The highest BCUT2D eigenvalue weighted by atomic mass is 19.1. The Morgan fingerprint density at radius 1 is 1.03 bits per heavy atom. The van der Waals surface area contributed by atoms with Gasteiger partial charge in [-0.15, -0.1) is 0 Å². The Balaban J connectivity index is 1.35. The predicted molar refractivity (Wildman–Crippen MR) is 123 cm³/mol. The van der Waals surface area contributed by atoms with E-state index in [1.165, 1.54) is 48.8 Å². The maximum atomic E-state index is 14.7. The lowest BCUT2D eigenvalue weighted by Crippen LogP contribution is -2.22. The molecule has 0 fully saturated rings. The number of hydrogen-bond acceptors (Lipinski definition) is 5.